The molecule has 1 saturated heterocycles. The lowest BCUT2D eigenvalue weighted by Crippen LogP contribution is -2.41. The molecule has 0 aromatic heterocycles. The summed E-state index contributed by atoms with van der Waals surface area (Å²) < 4.78 is 12.5. The summed E-state index contributed by atoms with van der Waals surface area (Å²) in [7, 11) is 0. The quantitative estimate of drug-likeness (QED) is 0.799. The molecular formula is C18H26BrN3O2. The van der Waals surface area contributed by atoms with Crippen LogP contribution in [0.3, 0.4) is 0 Å². The van der Waals surface area contributed by atoms with Gasteiger partial charge in [0, 0.05) is 31.1 Å². The molecule has 24 heavy (non-hydrogen) atoms. The van der Waals surface area contributed by atoms with Crippen molar-refractivity contribution in [3.05, 3.63) is 22.2 Å². The van der Waals surface area contributed by atoms with Gasteiger partial charge in [-0.15, -0.1) is 0 Å². The van der Waals surface area contributed by atoms with Crippen molar-refractivity contribution in [2.24, 2.45) is 11.0 Å². The van der Waals surface area contributed by atoms with E-state index in [0.717, 1.165) is 42.0 Å². The predicted molar refractivity (Wildman–Crippen MR) is 100 cm³/mol. The summed E-state index contributed by atoms with van der Waals surface area (Å²) in [5.74, 6) is 2.00. The molecule has 0 aliphatic carbocycles. The van der Waals surface area contributed by atoms with Crippen LogP contribution in [-0.4, -0.2) is 43.5 Å². The molecule has 6 heteroatoms. The second-order valence-corrected chi connectivity index (χ2v) is 7.01. The van der Waals surface area contributed by atoms with Gasteiger partial charge in [0.1, 0.15) is 0 Å². The van der Waals surface area contributed by atoms with Gasteiger partial charge in [0.2, 0.25) is 0 Å². The van der Waals surface area contributed by atoms with Crippen molar-refractivity contribution >= 4 is 21.6 Å². The molecule has 0 radical (unpaired) electrons. The largest absolute Gasteiger partial charge is 0.490 e. The van der Waals surface area contributed by atoms with Crippen molar-refractivity contribution in [3.8, 4) is 11.5 Å². The zero-order valence-corrected chi connectivity index (χ0v) is 16.2. The molecule has 2 heterocycles. The van der Waals surface area contributed by atoms with Crippen LogP contribution in [0.25, 0.3) is 0 Å². The van der Waals surface area contributed by atoms with Gasteiger partial charge in [0.05, 0.1) is 23.7 Å². The number of ether oxygens (including phenoxy) is 2. The number of hydrazone groups is 1. The molecule has 2 aliphatic rings. The number of hydrogen-bond acceptors (Lipinski definition) is 5. The molecule has 0 amide bonds. The van der Waals surface area contributed by atoms with Crippen LogP contribution < -0.4 is 14.9 Å². The Bertz CT molecular complexity index is 621. The van der Waals surface area contributed by atoms with Crippen molar-refractivity contribution in [1.82, 2.24) is 10.3 Å². The Kier molecular flexibility index (Phi) is 5.66. The Morgan fingerprint density at radius 2 is 2.04 bits per heavy atom. The molecule has 1 N–H and O–H groups in total. The first-order valence-electron chi connectivity index (χ1n) is 8.81. The van der Waals surface area contributed by atoms with E-state index in [1.165, 1.54) is 11.3 Å². The van der Waals surface area contributed by atoms with Crippen molar-refractivity contribution < 1.29 is 9.47 Å². The van der Waals surface area contributed by atoms with Crippen LogP contribution in [-0.2, 0) is 0 Å². The van der Waals surface area contributed by atoms with E-state index < -0.39 is 0 Å². The van der Waals surface area contributed by atoms with Crippen LogP contribution in [0.2, 0.25) is 0 Å². The lowest BCUT2D eigenvalue weighted by molar-refractivity contribution is 0.238. The molecule has 0 saturated carbocycles. The monoisotopic (exact) mass is 395 g/mol. The van der Waals surface area contributed by atoms with E-state index in [0.29, 0.717) is 19.1 Å². The van der Waals surface area contributed by atoms with E-state index in [1.807, 2.05) is 13.8 Å². The molecule has 2 atom stereocenters. The van der Waals surface area contributed by atoms with Gasteiger partial charge in [-0.3, -0.25) is 0 Å². The standard InChI is InChI=1S/C18H26BrN3O2/c1-4-22-8-7-15-13(11-22)17(21-20-15)12-9-14(19)18(24-6-3)16(10-12)23-5-2/h9-10,13,17,21H,4-8,11H2,1-3H3. The first-order valence-corrected chi connectivity index (χ1v) is 9.60. The summed E-state index contributed by atoms with van der Waals surface area (Å²) in [5, 5.41) is 4.60. The number of benzene rings is 1. The summed E-state index contributed by atoms with van der Waals surface area (Å²) >= 11 is 3.65. The minimum atomic E-state index is 0.195. The summed E-state index contributed by atoms with van der Waals surface area (Å²) in [6.45, 7) is 10.7. The number of likely N-dealkylation sites (tertiary alicyclic amines) is 1. The Morgan fingerprint density at radius 3 is 2.75 bits per heavy atom. The average Bonchev–Trinajstić information content (AvgIpc) is 3.01. The molecule has 132 valence electrons. The average molecular weight is 396 g/mol. The maximum atomic E-state index is 5.82. The molecule has 1 aromatic rings. The fourth-order valence-electron chi connectivity index (χ4n) is 3.52. The molecule has 0 spiro atoms. The maximum absolute atomic E-state index is 5.82. The molecule has 1 fully saturated rings. The van der Waals surface area contributed by atoms with E-state index in [1.54, 1.807) is 0 Å². The van der Waals surface area contributed by atoms with Crippen LogP contribution in [0.4, 0.5) is 0 Å². The highest BCUT2D eigenvalue weighted by Gasteiger charge is 2.37. The van der Waals surface area contributed by atoms with Crippen LogP contribution in [0.5, 0.6) is 11.5 Å². The normalized spacial score (nSPS) is 23.4. The minimum absolute atomic E-state index is 0.195. The van der Waals surface area contributed by atoms with Gasteiger partial charge in [-0.05, 0) is 54.0 Å². The second-order valence-electron chi connectivity index (χ2n) is 6.16. The van der Waals surface area contributed by atoms with Gasteiger partial charge < -0.3 is 19.8 Å². The smallest absolute Gasteiger partial charge is 0.175 e. The molecule has 3 rings (SSSR count). The summed E-state index contributed by atoms with van der Waals surface area (Å²) in [4.78, 5) is 2.50. The Morgan fingerprint density at radius 1 is 1.25 bits per heavy atom. The van der Waals surface area contributed by atoms with Gasteiger partial charge in [0.15, 0.2) is 11.5 Å². The van der Waals surface area contributed by atoms with E-state index in [-0.39, 0.29) is 6.04 Å². The molecule has 1 aromatic carbocycles. The number of halogens is 1. The molecule has 2 aliphatic heterocycles. The van der Waals surface area contributed by atoms with Crippen LogP contribution in [0, 0.1) is 5.92 Å². The highest BCUT2D eigenvalue weighted by molar-refractivity contribution is 9.10. The Balaban J connectivity index is 1.89. The van der Waals surface area contributed by atoms with Crippen molar-refractivity contribution in [2.45, 2.75) is 33.2 Å². The van der Waals surface area contributed by atoms with E-state index in [4.69, 9.17) is 9.47 Å². The minimum Gasteiger partial charge on any atom is -0.490 e. The number of rotatable bonds is 6. The lowest BCUT2D eigenvalue weighted by Gasteiger charge is -2.33. The van der Waals surface area contributed by atoms with Crippen LogP contribution in [0.1, 0.15) is 38.8 Å². The van der Waals surface area contributed by atoms with Gasteiger partial charge in [-0.25, -0.2) is 0 Å². The van der Waals surface area contributed by atoms with Crippen molar-refractivity contribution in [1.29, 1.82) is 0 Å². The fourth-order valence-corrected chi connectivity index (χ4v) is 4.10. The molecule has 5 nitrogen and oxygen atoms in total. The Labute approximate surface area is 152 Å². The summed E-state index contributed by atoms with van der Waals surface area (Å²) in [6.07, 6.45) is 1.05. The fraction of sp³-hybridized carbons (Fsp3) is 0.611. The van der Waals surface area contributed by atoms with E-state index in [2.05, 4.69) is 50.4 Å². The number of hydrogen-bond donors (Lipinski definition) is 1. The number of fused-ring (bicyclic) bond motifs is 1. The number of nitrogens with zero attached hydrogens (tertiary/aromatic N) is 2. The predicted octanol–water partition coefficient (Wildman–Crippen LogP) is 3.59. The highest BCUT2D eigenvalue weighted by Crippen LogP contribution is 2.41. The summed E-state index contributed by atoms with van der Waals surface area (Å²) in [5.41, 5.74) is 5.84. The zero-order valence-electron chi connectivity index (χ0n) is 14.6. The van der Waals surface area contributed by atoms with Crippen LogP contribution in [0.15, 0.2) is 21.7 Å². The number of nitrogens with one attached hydrogen (secondary N) is 1. The molecular weight excluding hydrogens is 370 g/mol. The third-order valence-corrected chi connectivity index (χ3v) is 5.33. The van der Waals surface area contributed by atoms with Gasteiger partial charge in [0.25, 0.3) is 0 Å². The zero-order chi connectivity index (χ0) is 17.1. The lowest BCUT2D eigenvalue weighted by atomic mass is 9.86. The topological polar surface area (TPSA) is 46.1 Å². The molecule has 2 unspecified atom stereocenters. The van der Waals surface area contributed by atoms with E-state index >= 15 is 0 Å². The first-order chi connectivity index (χ1) is 11.7. The highest BCUT2D eigenvalue weighted by atomic mass is 79.9. The Hall–Kier alpha value is -1.27. The van der Waals surface area contributed by atoms with Gasteiger partial charge >= 0.3 is 0 Å². The van der Waals surface area contributed by atoms with Gasteiger partial charge in [-0.2, -0.15) is 5.10 Å². The summed E-state index contributed by atoms with van der Waals surface area (Å²) in [6, 6.07) is 4.43. The van der Waals surface area contributed by atoms with Crippen LogP contribution >= 0.6 is 15.9 Å². The first kappa shape index (κ1) is 17.5. The SMILES string of the molecule is CCOc1cc(C2NN=C3CCN(CC)CC32)cc(Br)c1OCC. The third kappa shape index (κ3) is 3.40. The number of piperidine rings is 1. The molecule has 0 bridgehead atoms. The third-order valence-electron chi connectivity index (χ3n) is 4.74. The van der Waals surface area contributed by atoms with E-state index in [9.17, 15) is 0 Å². The van der Waals surface area contributed by atoms with Gasteiger partial charge in [-0.1, -0.05) is 6.92 Å². The van der Waals surface area contributed by atoms with Crippen molar-refractivity contribution in [2.75, 3.05) is 32.8 Å². The second kappa shape index (κ2) is 7.74. The van der Waals surface area contributed by atoms with Crippen molar-refractivity contribution in [3.63, 3.8) is 0 Å². The maximum Gasteiger partial charge on any atom is 0.175 e.